The summed E-state index contributed by atoms with van der Waals surface area (Å²) in [4.78, 5) is 15.5. The molecule has 0 bridgehead atoms. The van der Waals surface area contributed by atoms with Crippen molar-refractivity contribution in [3.05, 3.63) is 52.5 Å². The maximum absolute atomic E-state index is 12.0. The number of aromatic nitrogens is 3. The van der Waals surface area contributed by atoms with Gasteiger partial charge in [-0.3, -0.25) is 9.89 Å². The fraction of sp³-hybridized carbons (Fsp3) is 0.294. The third-order valence-electron chi connectivity index (χ3n) is 4.04. The van der Waals surface area contributed by atoms with Crippen molar-refractivity contribution in [2.45, 2.75) is 33.7 Å². The van der Waals surface area contributed by atoms with Crippen LogP contribution < -0.4 is 5.32 Å². The molecule has 1 aromatic carbocycles. The van der Waals surface area contributed by atoms with Crippen LogP contribution in [0.25, 0.3) is 10.9 Å². The quantitative estimate of drug-likeness (QED) is 0.692. The molecular weight excluding hydrogens is 276 g/mol. The SMILES string of the molecule is CCc1[nH]c2c(CNC(=O)c3ccn[nH]3)cc(C)cc2c1C. The van der Waals surface area contributed by atoms with Crippen molar-refractivity contribution < 1.29 is 4.79 Å². The Balaban J connectivity index is 1.91. The van der Waals surface area contributed by atoms with Crippen LogP contribution in [0.1, 0.15) is 39.8 Å². The molecule has 0 aliphatic heterocycles. The third kappa shape index (κ3) is 2.50. The molecular formula is C17H20N4O. The molecule has 5 heteroatoms. The Labute approximate surface area is 129 Å². The van der Waals surface area contributed by atoms with Crippen molar-refractivity contribution in [3.63, 3.8) is 0 Å². The molecule has 2 aromatic heterocycles. The highest BCUT2D eigenvalue weighted by Gasteiger charge is 2.12. The molecule has 0 spiro atoms. The number of rotatable bonds is 4. The van der Waals surface area contributed by atoms with Gasteiger partial charge in [-0.05, 0) is 43.5 Å². The van der Waals surface area contributed by atoms with E-state index in [1.165, 1.54) is 22.2 Å². The van der Waals surface area contributed by atoms with Crippen LogP contribution in [0.5, 0.6) is 0 Å². The Kier molecular flexibility index (Phi) is 3.71. The van der Waals surface area contributed by atoms with Gasteiger partial charge in [0.1, 0.15) is 5.69 Å². The normalized spacial score (nSPS) is 11.0. The van der Waals surface area contributed by atoms with Crippen molar-refractivity contribution in [3.8, 4) is 0 Å². The molecule has 0 radical (unpaired) electrons. The molecule has 3 rings (SSSR count). The molecule has 0 atom stereocenters. The van der Waals surface area contributed by atoms with Gasteiger partial charge in [-0.1, -0.05) is 18.6 Å². The lowest BCUT2D eigenvalue weighted by molar-refractivity contribution is 0.0946. The largest absolute Gasteiger partial charge is 0.358 e. The zero-order chi connectivity index (χ0) is 15.7. The van der Waals surface area contributed by atoms with Crippen molar-refractivity contribution in [1.29, 1.82) is 0 Å². The first kappa shape index (κ1) is 14.4. The summed E-state index contributed by atoms with van der Waals surface area (Å²) in [5.41, 5.74) is 6.43. The van der Waals surface area contributed by atoms with Crippen molar-refractivity contribution in [1.82, 2.24) is 20.5 Å². The average molecular weight is 296 g/mol. The van der Waals surface area contributed by atoms with E-state index < -0.39 is 0 Å². The molecule has 0 saturated carbocycles. The van der Waals surface area contributed by atoms with Gasteiger partial charge in [0.15, 0.2) is 0 Å². The summed E-state index contributed by atoms with van der Waals surface area (Å²) in [5, 5.41) is 10.6. The van der Waals surface area contributed by atoms with Gasteiger partial charge >= 0.3 is 0 Å². The van der Waals surface area contributed by atoms with E-state index in [-0.39, 0.29) is 5.91 Å². The Hall–Kier alpha value is -2.56. The van der Waals surface area contributed by atoms with Crippen molar-refractivity contribution >= 4 is 16.8 Å². The number of nitrogens with zero attached hydrogens (tertiary/aromatic N) is 1. The van der Waals surface area contributed by atoms with Crippen LogP contribution >= 0.6 is 0 Å². The summed E-state index contributed by atoms with van der Waals surface area (Å²) in [6.07, 6.45) is 2.54. The molecule has 3 aromatic rings. The molecule has 2 heterocycles. The van der Waals surface area contributed by atoms with E-state index in [4.69, 9.17) is 0 Å². The van der Waals surface area contributed by atoms with Crippen LogP contribution in [0, 0.1) is 13.8 Å². The summed E-state index contributed by atoms with van der Waals surface area (Å²) in [6, 6.07) is 5.97. The first-order valence-corrected chi connectivity index (χ1v) is 7.48. The van der Waals surface area contributed by atoms with Crippen LogP contribution in [-0.4, -0.2) is 21.1 Å². The molecule has 22 heavy (non-hydrogen) atoms. The molecule has 0 unspecified atom stereocenters. The molecule has 0 fully saturated rings. The van der Waals surface area contributed by atoms with Crippen LogP contribution in [-0.2, 0) is 13.0 Å². The summed E-state index contributed by atoms with van der Waals surface area (Å²) < 4.78 is 0. The number of H-pyrrole nitrogens is 2. The lowest BCUT2D eigenvalue weighted by Crippen LogP contribution is -2.23. The maximum Gasteiger partial charge on any atom is 0.269 e. The van der Waals surface area contributed by atoms with Crippen molar-refractivity contribution in [2.24, 2.45) is 0 Å². The Bertz CT molecular complexity index is 815. The van der Waals surface area contributed by atoms with E-state index in [1.54, 1.807) is 12.3 Å². The van der Waals surface area contributed by atoms with Gasteiger partial charge in [0, 0.05) is 23.8 Å². The van der Waals surface area contributed by atoms with E-state index in [1.807, 2.05) is 0 Å². The van der Waals surface area contributed by atoms with Gasteiger partial charge < -0.3 is 10.3 Å². The molecule has 5 nitrogen and oxygen atoms in total. The minimum atomic E-state index is -0.147. The highest BCUT2D eigenvalue weighted by molar-refractivity contribution is 5.93. The second kappa shape index (κ2) is 5.67. The number of aryl methyl sites for hydroxylation is 3. The lowest BCUT2D eigenvalue weighted by Gasteiger charge is -2.07. The highest BCUT2D eigenvalue weighted by Crippen LogP contribution is 2.26. The van der Waals surface area contributed by atoms with Crippen LogP contribution in [0.4, 0.5) is 0 Å². The summed E-state index contributed by atoms with van der Waals surface area (Å²) >= 11 is 0. The molecule has 1 amide bonds. The minimum absolute atomic E-state index is 0.147. The second-order valence-electron chi connectivity index (χ2n) is 5.58. The predicted molar refractivity (Wildman–Crippen MR) is 86.9 cm³/mol. The molecule has 0 aliphatic rings. The fourth-order valence-corrected chi connectivity index (χ4v) is 2.86. The Morgan fingerprint density at radius 1 is 1.32 bits per heavy atom. The number of hydrogen-bond donors (Lipinski definition) is 3. The summed E-state index contributed by atoms with van der Waals surface area (Å²) in [7, 11) is 0. The monoisotopic (exact) mass is 296 g/mol. The maximum atomic E-state index is 12.0. The van der Waals surface area contributed by atoms with Gasteiger partial charge in [-0.25, -0.2) is 0 Å². The minimum Gasteiger partial charge on any atom is -0.358 e. The van der Waals surface area contributed by atoms with Crippen LogP contribution in [0.15, 0.2) is 24.4 Å². The number of nitrogens with one attached hydrogen (secondary N) is 3. The van der Waals surface area contributed by atoms with Gasteiger partial charge in [-0.15, -0.1) is 0 Å². The summed E-state index contributed by atoms with van der Waals surface area (Å²) in [6.45, 7) is 6.85. The van der Waals surface area contributed by atoms with Crippen molar-refractivity contribution in [2.75, 3.05) is 0 Å². The van der Waals surface area contributed by atoms with E-state index in [0.717, 1.165) is 17.5 Å². The number of aromatic amines is 2. The Morgan fingerprint density at radius 3 is 2.82 bits per heavy atom. The standard InChI is InChI=1S/C17H20N4O/c1-4-14-11(3)13-8-10(2)7-12(16(13)20-14)9-18-17(22)15-5-6-19-21-15/h5-8,20H,4,9H2,1-3H3,(H,18,22)(H,19,21). The summed E-state index contributed by atoms with van der Waals surface area (Å²) in [5.74, 6) is -0.147. The van der Waals surface area contributed by atoms with E-state index in [9.17, 15) is 4.79 Å². The highest BCUT2D eigenvalue weighted by atomic mass is 16.1. The Morgan fingerprint density at radius 2 is 2.14 bits per heavy atom. The van der Waals surface area contributed by atoms with Gasteiger partial charge in [0.05, 0.1) is 5.52 Å². The molecule has 3 N–H and O–H groups in total. The van der Waals surface area contributed by atoms with Crippen LogP contribution in [0.2, 0.25) is 0 Å². The first-order chi connectivity index (χ1) is 10.6. The lowest BCUT2D eigenvalue weighted by atomic mass is 10.0. The number of amides is 1. The second-order valence-corrected chi connectivity index (χ2v) is 5.58. The number of carbonyl (C=O) groups excluding carboxylic acids is 1. The average Bonchev–Trinajstić information content (AvgIpc) is 3.13. The predicted octanol–water partition coefficient (Wildman–Crippen LogP) is 3.00. The topological polar surface area (TPSA) is 73.6 Å². The van der Waals surface area contributed by atoms with E-state index in [2.05, 4.69) is 53.4 Å². The van der Waals surface area contributed by atoms with Gasteiger partial charge in [0.25, 0.3) is 5.91 Å². The molecule has 0 saturated heterocycles. The zero-order valence-electron chi connectivity index (χ0n) is 13.1. The zero-order valence-corrected chi connectivity index (χ0v) is 13.1. The number of hydrogen-bond acceptors (Lipinski definition) is 2. The smallest absolute Gasteiger partial charge is 0.269 e. The van der Waals surface area contributed by atoms with Gasteiger partial charge in [-0.2, -0.15) is 5.10 Å². The number of fused-ring (bicyclic) bond motifs is 1. The number of carbonyl (C=O) groups is 1. The van der Waals surface area contributed by atoms with E-state index >= 15 is 0 Å². The van der Waals surface area contributed by atoms with E-state index in [0.29, 0.717) is 12.2 Å². The first-order valence-electron chi connectivity index (χ1n) is 7.48. The van der Waals surface area contributed by atoms with Gasteiger partial charge in [0.2, 0.25) is 0 Å². The number of benzene rings is 1. The molecule has 114 valence electrons. The molecule has 0 aliphatic carbocycles. The third-order valence-corrected chi connectivity index (χ3v) is 4.04. The van der Waals surface area contributed by atoms with Crippen LogP contribution in [0.3, 0.4) is 0 Å². The fourth-order valence-electron chi connectivity index (χ4n) is 2.86.